The average molecular weight is 624 g/mol. The Morgan fingerprint density at radius 3 is 2.00 bits per heavy atom. The number of ether oxygens (including phenoxy) is 4. The smallest absolute Gasteiger partial charge is 0.378 e. The highest BCUT2D eigenvalue weighted by Gasteiger charge is 2.42. The number of hydrogen-bond donors (Lipinski definition) is 2. The highest BCUT2D eigenvalue weighted by molar-refractivity contribution is 6.15. The van der Waals surface area contributed by atoms with E-state index in [0.717, 1.165) is 11.1 Å². The van der Waals surface area contributed by atoms with Crippen LogP contribution >= 0.6 is 0 Å². The summed E-state index contributed by atoms with van der Waals surface area (Å²) in [6.07, 6.45) is -2.85. The summed E-state index contributed by atoms with van der Waals surface area (Å²) in [5.74, 6) is -2.76. The van der Waals surface area contributed by atoms with Crippen molar-refractivity contribution >= 4 is 23.4 Å². The molecule has 0 spiro atoms. The molecule has 0 aliphatic carbocycles. The maximum Gasteiger partial charge on any atom is 0.378 e. The van der Waals surface area contributed by atoms with Gasteiger partial charge in [0, 0.05) is 31.4 Å². The van der Waals surface area contributed by atoms with Gasteiger partial charge < -0.3 is 34.1 Å². The Morgan fingerprint density at radius 1 is 0.804 bits per heavy atom. The Hall–Kier alpha value is -5.61. The highest BCUT2D eigenvalue weighted by Crippen LogP contribution is 2.30. The number of rotatable bonds is 13. The molecule has 4 aromatic rings. The number of ketones is 1. The maximum atomic E-state index is 13.4. The van der Waals surface area contributed by atoms with E-state index < -0.39 is 36.5 Å². The van der Waals surface area contributed by atoms with Crippen molar-refractivity contribution < 1.29 is 43.5 Å². The van der Waals surface area contributed by atoms with E-state index in [1.165, 1.54) is 24.3 Å². The lowest BCUT2D eigenvalue weighted by Crippen LogP contribution is -2.34. The van der Waals surface area contributed by atoms with Gasteiger partial charge in [0.15, 0.2) is 17.6 Å². The van der Waals surface area contributed by atoms with Gasteiger partial charge in [-0.3, -0.25) is 4.79 Å². The number of aliphatic hydroxyl groups excluding tert-OH is 1. The van der Waals surface area contributed by atoms with Crippen molar-refractivity contribution in [1.29, 1.82) is 0 Å². The molecule has 0 fully saturated rings. The van der Waals surface area contributed by atoms with Gasteiger partial charge in [-0.25, -0.2) is 9.59 Å². The molecule has 0 saturated carbocycles. The molecule has 0 aromatic heterocycles. The van der Waals surface area contributed by atoms with E-state index in [2.05, 4.69) is 0 Å². The minimum absolute atomic E-state index is 0.00515. The zero-order chi connectivity index (χ0) is 32.6. The molecule has 1 aliphatic rings. The van der Waals surface area contributed by atoms with Gasteiger partial charge >= 0.3 is 11.9 Å². The van der Waals surface area contributed by atoms with E-state index in [1.807, 2.05) is 60.7 Å². The van der Waals surface area contributed by atoms with E-state index in [4.69, 9.17) is 18.9 Å². The fourth-order valence-electron chi connectivity index (χ4n) is 4.77. The second-order valence-electron chi connectivity index (χ2n) is 10.7. The van der Waals surface area contributed by atoms with Crippen LogP contribution in [0.1, 0.15) is 37.4 Å². The summed E-state index contributed by atoms with van der Waals surface area (Å²) in [4.78, 5) is 41.2. The highest BCUT2D eigenvalue weighted by atomic mass is 16.6. The maximum absolute atomic E-state index is 13.4. The number of aromatic hydroxyl groups is 1. The quantitative estimate of drug-likeness (QED) is 0.158. The van der Waals surface area contributed by atoms with Crippen molar-refractivity contribution in [3.8, 4) is 5.75 Å². The number of cyclic esters (lactones) is 1. The van der Waals surface area contributed by atoms with Gasteiger partial charge in [0.2, 0.25) is 5.76 Å². The number of phenolic OH excluding ortho intramolecular Hbond substituents is 1. The largest absolute Gasteiger partial charge is 0.507 e. The number of carbonyl (C=O) groups is 3. The van der Waals surface area contributed by atoms with E-state index in [0.29, 0.717) is 5.69 Å². The van der Waals surface area contributed by atoms with Gasteiger partial charge in [0.1, 0.15) is 31.7 Å². The van der Waals surface area contributed by atoms with Crippen molar-refractivity contribution in [1.82, 2.24) is 0 Å². The van der Waals surface area contributed by atoms with Crippen LogP contribution in [0.25, 0.3) is 0 Å². The number of nitrogens with zero attached hydrogens (tertiary/aromatic N) is 1. The number of anilines is 1. The summed E-state index contributed by atoms with van der Waals surface area (Å²) in [6.45, 7) is -0.475. The third kappa shape index (κ3) is 7.36. The van der Waals surface area contributed by atoms with Gasteiger partial charge in [0.05, 0.1) is 11.1 Å². The lowest BCUT2D eigenvalue weighted by Gasteiger charge is -2.20. The van der Waals surface area contributed by atoms with Crippen LogP contribution in [0, 0.1) is 0 Å². The first-order chi connectivity index (χ1) is 22.2. The molecule has 0 amide bonds. The van der Waals surface area contributed by atoms with Crippen molar-refractivity contribution in [3.05, 3.63) is 142 Å². The number of carbonyl (C=O) groups excluding carboxylic acids is 3. The molecule has 5 rings (SSSR count). The Balaban J connectivity index is 1.31. The SMILES string of the molecule is CN(C)c1ccc(C(=O)c2ccccc2C(=O)OCC(O)C2OC(=O)C(OCc3ccccc3)=C2OCc2ccccc2)c(O)c1. The third-order valence-corrected chi connectivity index (χ3v) is 7.23. The number of phenols is 1. The van der Waals surface area contributed by atoms with Crippen molar-refractivity contribution in [2.45, 2.75) is 25.4 Å². The van der Waals surface area contributed by atoms with Crippen molar-refractivity contribution in [2.24, 2.45) is 0 Å². The molecule has 10 heteroatoms. The Kier molecular flexibility index (Phi) is 9.99. The zero-order valence-corrected chi connectivity index (χ0v) is 25.3. The van der Waals surface area contributed by atoms with Gasteiger partial charge in [-0.2, -0.15) is 0 Å². The van der Waals surface area contributed by atoms with Gasteiger partial charge in [0.25, 0.3) is 0 Å². The van der Waals surface area contributed by atoms with E-state index >= 15 is 0 Å². The minimum Gasteiger partial charge on any atom is -0.507 e. The van der Waals surface area contributed by atoms with Crippen LogP contribution in [0.2, 0.25) is 0 Å². The molecular formula is C36H33NO9. The molecule has 2 atom stereocenters. The molecule has 0 bridgehead atoms. The van der Waals surface area contributed by atoms with Crippen LogP contribution in [0.5, 0.6) is 5.75 Å². The van der Waals surface area contributed by atoms with Crippen LogP contribution in [0.15, 0.2) is 115 Å². The van der Waals surface area contributed by atoms with Gasteiger partial charge in [-0.15, -0.1) is 0 Å². The fourth-order valence-corrected chi connectivity index (χ4v) is 4.77. The summed E-state index contributed by atoms with van der Waals surface area (Å²) < 4.78 is 22.6. The molecule has 2 unspecified atom stereocenters. The predicted octanol–water partition coefficient (Wildman–Crippen LogP) is 4.78. The predicted molar refractivity (Wildman–Crippen MR) is 168 cm³/mol. The average Bonchev–Trinajstić information content (AvgIpc) is 3.40. The monoisotopic (exact) mass is 623 g/mol. The van der Waals surface area contributed by atoms with Crippen molar-refractivity contribution in [2.75, 3.05) is 25.6 Å². The molecule has 10 nitrogen and oxygen atoms in total. The molecule has 0 radical (unpaired) electrons. The lowest BCUT2D eigenvalue weighted by atomic mass is 9.97. The van der Waals surface area contributed by atoms with E-state index in [9.17, 15) is 24.6 Å². The second-order valence-corrected chi connectivity index (χ2v) is 10.7. The second kappa shape index (κ2) is 14.4. The number of aliphatic hydroxyl groups is 1. The molecule has 1 heterocycles. The Bertz CT molecular complexity index is 1740. The van der Waals surface area contributed by atoms with Crippen LogP contribution in [0.3, 0.4) is 0 Å². The summed E-state index contributed by atoms with van der Waals surface area (Å²) in [6, 6.07) is 29.0. The topological polar surface area (TPSA) is 132 Å². The van der Waals surface area contributed by atoms with E-state index in [1.54, 1.807) is 37.2 Å². The number of benzene rings is 4. The molecule has 46 heavy (non-hydrogen) atoms. The summed E-state index contributed by atoms with van der Waals surface area (Å²) in [7, 11) is 3.60. The Morgan fingerprint density at radius 2 is 1.39 bits per heavy atom. The van der Waals surface area contributed by atoms with Gasteiger partial charge in [-0.1, -0.05) is 78.9 Å². The minimum atomic E-state index is -1.53. The molecule has 236 valence electrons. The lowest BCUT2D eigenvalue weighted by molar-refractivity contribution is -0.149. The molecule has 2 N–H and O–H groups in total. The molecule has 1 aliphatic heterocycles. The first kappa shape index (κ1) is 31.8. The Labute approximate surface area is 266 Å². The van der Waals surface area contributed by atoms with Crippen LogP contribution < -0.4 is 4.90 Å². The fraction of sp³-hybridized carbons (Fsp3) is 0.194. The normalized spacial score (nSPS) is 14.8. The van der Waals surface area contributed by atoms with Crippen LogP contribution in [-0.4, -0.2) is 60.8 Å². The number of hydrogen-bond acceptors (Lipinski definition) is 10. The summed E-state index contributed by atoms with van der Waals surface area (Å²) in [5.41, 5.74) is 2.25. The van der Waals surface area contributed by atoms with Crippen molar-refractivity contribution in [3.63, 3.8) is 0 Å². The number of esters is 2. The standard InChI is InChI=1S/C36H33NO9/c1-37(2)25-17-18-28(29(38)19-25)31(40)26-15-9-10-16-27(26)35(41)45-22-30(39)32-33(43-20-23-11-5-3-6-12-23)34(36(42)46-32)44-21-24-13-7-4-8-14-24/h3-19,30,32,38-39H,20-22H2,1-2H3. The summed E-state index contributed by atoms with van der Waals surface area (Å²) in [5, 5.41) is 21.6. The molecule has 0 saturated heterocycles. The molecule has 4 aromatic carbocycles. The van der Waals surface area contributed by atoms with Crippen LogP contribution in [0.4, 0.5) is 5.69 Å². The first-order valence-corrected chi connectivity index (χ1v) is 14.5. The zero-order valence-electron chi connectivity index (χ0n) is 25.3. The summed E-state index contributed by atoms with van der Waals surface area (Å²) >= 11 is 0. The van der Waals surface area contributed by atoms with E-state index in [-0.39, 0.29) is 47.2 Å². The van der Waals surface area contributed by atoms with Gasteiger partial charge in [-0.05, 0) is 29.3 Å². The first-order valence-electron chi connectivity index (χ1n) is 14.5. The molecular weight excluding hydrogens is 590 g/mol. The third-order valence-electron chi connectivity index (χ3n) is 7.23. The van der Waals surface area contributed by atoms with Crippen LogP contribution in [-0.2, 0) is 37.0 Å².